The zero-order valence-electron chi connectivity index (χ0n) is 31.7. The van der Waals surface area contributed by atoms with E-state index in [1.807, 2.05) is 25.1 Å². The van der Waals surface area contributed by atoms with Crippen LogP contribution in [0.4, 0.5) is 5.69 Å². The minimum absolute atomic E-state index is 0.0639. The number of amides is 2. The molecule has 2 aliphatic carbocycles. The van der Waals surface area contributed by atoms with Crippen molar-refractivity contribution < 1.29 is 32.7 Å². The lowest BCUT2D eigenvalue weighted by molar-refractivity contribution is 0.0113. The fraction of sp³-hybridized carbons (Fsp3) is 0.525. The predicted octanol–water partition coefficient (Wildman–Crippen LogP) is 6.58. The summed E-state index contributed by atoms with van der Waals surface area (Å²) >= 11 is 8.73. The Bertz CT molecular complexity index is 2090. The van der Waals surface area contributed by atoms with E-state index >= 15 is 0 Å². The third kappa shape index (κ3) is 8.44. The maximum Gasteiger partial charge on any atom is 0.286 e. The first kappa shape index (κ1) is 40.0. The molecule has 0 radical (unpaired) electrons. The molecule has 1 saturated carbocycles. The van der Waals surface area contributed by atoms with Gasteiger partial charge in [-0.05, 0) is 85.4 Å². The molecule has 1 unspecified atom stereocenters. The zero-order chi connectivity index (χ0) is 38.9. The van der Waals surface area contributed by atoms with Gasteiger partial charge in [-0.15, -0.1) is 9.46 Å². The minimum Gasteiger partial charge on any atom is -0.490 e. The first-order chi connectivity index (χ1) is 26.4. The summed E-state index contributed by atoms with van der Waals surface area (Å²) in [5.41, 5.74) is 3.32. The normalized spacial score (nSPS) is 29.8. The molecule has 7 atom stereocenters. The second kappa shape index (κ2) is 16.7. The van der Waals surface area contributed by atoms with Crippen LogP contribution in [0.25, 0.3) is 0 Å². The molecule has 2 aliphatic heterocycles. The number of benzene rings is 2. The number of aryl methyl sites for hydroxylation is 2. The largest absolute Gasteiger partial charge is 0.490 e. The number of halogens is 2. The quantitative estimate of drug-likeness (QED) is 0.159. The Morgan fingerprint density at radius 1 is 1.16 bits per heavy atom. The summed E-state index contributed by atoms with van der Waals surface area (Å²) in [6, 6.07) is 11.5. The lowest BCUT2D eigenvalue weighted by Gasteiger charge is -2.46. The zero-order valence-corrected chi connectivity index (χ0v) is 35.4. The topological polar surface area (TPSA) is 134 Å². The van der Waals surface area contributed by atoms with E-state index in [1.54, 1.807) is 26.3 Å². The summed E-state index contributed by atoms with van der Waals surface area (Å²) in [5.74, 6) is -0.666. The SMILES string of the molecule is COc1nn(C)cc1C(=O)NS1(=O)=NC(=O)c2ccc3c(c2)N(C[C@@H]2CC[C@H]2[C@@H](OC)/C=C/[C@H](OCCI)[C@H](C)C1)C[C@@]1(CCCc2cc(Cl)ccc21)CO3. The number of nitrogens with one attached hydrogen (secondary N) is 1. The van der Waals surface area contributed by atoms with Crippen molar-refractivity contribution in [2.24, 2.45) is 29.2 Å². The summed E-state index contributed by atoms with van der Waals surface area (Å²) in [6.07, 6.45) is 9.86. The number of alkyl halides is 1. The molecule has 2 amide bonds. The van der Waals surface area contributed by atoms with Gasteiger partial charge in [-0.3, -0.25) is 19.0 Å². The number of rotatable bonds is 7. The molecule has 2 bridgehead atoms. The van der Waals surface area contributed by atoms with Crippen molar-refractivity contribution >= 4 is 61.6 Å². The van der Waals surface area contributed by atoms with Gasteiger partial charge in [-0.25, -0.2) is 4.21 Å². The number of hydrogen-bond donors (Lipinski definition) is 1. The predicted molar refractivity (Wildman–Crippen MR) is 221 cm³/mol. The van der Waals surface area contributed by atoms with Gasteiger partial charge in [-0.1, -0.05) is 59.3 Å². The first-order valence-corrected chi connectivity index (χ1v) is 22.4. The average Bonchev–Trinajstić information content (AvgIpc) is 3.47. The van der Waals surface area contributed by atoms with Crippen LogP contribution < -0.4 is 19.1 Å². The Hall–Kier alpha value is -3.18. The number of carbonyl (C=O) groups is 2. The number of carbonyl (C=O) groups excluding carboxylic acids is 2. The third-order valence-corrected chi connectivity index (χ3v) is 14.2. The van der Waals surface area contributed by atoms with Gasteiger partial charge in [0.25, 0.3) is 11.8 Å². The lowest BCUT2D eigenvalue weighted by atomic mass is 9.68. The number of nitrogens with zero attached hydrogens (tertiary/aromatic N) is 4. The van der Waals surface area contributed by atoms with Gasteiger partial charge in [-0.2, -0.15) is 0 Å². The van der Waals surface area contributed by atoms with Crippen LogP contribution in [0.15, 0.2) is 59.1 Å². The maximum atomic E-state index is 14.9. The van der Waals surface area contributed by atoms with Crippen LogP contribution in [0.3, 0.4) is 0 Å². The van der Waals surface area contributed by atoms with Crippen molar-refractivity contribution in [1.82, 2.24) is 14.5 Å². The molecule has 296 valence electrons. The van der Waals surface area contributed by atoms with Gasteiger partial charge in [0.15, 0.2) is 0 Å². The summed E-state index contributed by atoms with van der Waals surface area (Å²) in [5, 5.41) is 4.90. The van der Waals surface area contributed by atoms with Gasteiger partial charge in [0.2, 0.25) is 5.88 Å². The Labute approximate surface area is 342 Å². The molecular formula is C40H49ClIN5O7S. The van der Waals surface area contributed by atoms with E-state index in [0.717, 1.165) is 53.8 Å². The molecule has 55 heavy (non-hydrogen) atoms. The number of hydrogen-bond acceptors (Lipinski definition) is 9. The van der Waals surface area contributed by atoms with Crippen LogP contribution in [-0.4, -0.2) is 88.7 Å². The van der Waals surface area contributed by atoms with Crippen molar-refractivity contribution in [3.05, 3.63) is 82.0 Å². The van der Waals surface area contributed by atoms with E-state index < -0.39 is 33.8 Å². The molecular weight excluding hydrogens is 857 g/mol. The highest BCUT2D eigenvalue weighted by Crippen LogP contribution is 2.47. The van der Waals surface area contributed by atoms with Gasteiger partial charge in [0, 0.05) is 59.8 Å². The van der Waals surface area contributed by atoms with Crippen molar-refractivity contribution in [1.29, 1.82) is 0 Å². The highest BCUT2D eigenvalue weighted by molar-refractivity contribution is 14.1. The lowest BCUT2D eigenvalue weighted by Crippen LogP contribution is -2.49. The number of aromatic nitrogens is 2. The molecule has 7 rings (SSSR count). The van der Waals surface area contributed by atoms with E-state index in [4.69, 9.17) is 30.5 Å². The van der Waals surface area contributed by atoms with Crippen molar-refractivity contribution in [2.75, 3.05) is 55.6 Å². The number of methoxy groups -OCH3 is 2. The van der Waals surface area contributed by atoms with Crippen LogP contribution in [-0.2, 0) is 38.3 Å². The van der Waals surface area contributed by atoms with Crippen LogP contribution in [0.2, 0.25) is 5.02 Å². The Morgan fingerprint density at radius 3 is 2.73 bits per heavy atom. The first-order valence-electron chi connectivity index (χ1n) is 18.8. The Balaban J connectivity index is 1.33. The van der Waals surface area contributed by atoms with Crippen LogP contribution in [0, 0.1) is 17.8 Å². The summed E-state index contributed by atoms with van der Waals surface area (Å²) in [6.45, 7) is 4.25. The smallest absolute Gasteiger partial charge is 0.286 e. The fourth-order valence-corrected chi connectivity index (χ4v) is 11.0. The Morgan fingerprint density at radius 2 is 1.98 bits per heavy atom. The maximum absolute atomic E-state index is 14.9. The third-order valence-electron chi connectivity index (χ3n) is 11.6. The molecule has 12 nitrogen and oxygen atoms in total. The van der Waals surface area contributed by atoms with E-state index in [2.05, 4.69) is 59.9 Å². The molecule has 1 fully saturated rings. The minimum atomic E-state index is -3.73. The van der Waals surface area contributed by atoms with E-state index in [-0.39, 0.29) is 40.2 Å². The standard InChI is InChI=1S/C40H49ClIN5O7S/c1-25-22-55(50,45-38(49)31-21-46(2)43-39(31)52-4)44-37(48)27-8-12-36-33(19-27)47(20-28-7-10-30(28)35(51-3)14-13-34(25)53-17-16-42)23-40(24-54-36)15-5-6-26-18-29(41)9-11-32(26)40/h8-9,11-14,18-19,21,25,28,30,34-35H,5-7,10,15-17,20,22-24H2,1-4H3,(H,44,45,48,49,50)/b14-13+/t25-,28+,30-,34+,35+,40+,55?/m1/s1. The highest BCUT2D eigenvalue weighted by atomic mass is 127. The van der Waals surface area contributed by atoms with E-state index in [0.29, 0.717) is 31.4 Å². The number of fused-ring (bicyclic) bond motifs is 4. The summed E-state index contributed by atoms with van der Waals surface area (Å²) < 4.78 is 48.5. The molecule has 1 N–H and O–H groups in total. The molecule has 3 aromatic rings. The molecule has 1 aromatic heterocycles. The number of anilines is 1. The average molecular weight is 906 g/mol. The number of ether oxygens (including phenoxy) is 4. The fourth-order valence-electron chi connectivity index (χ4n) is 8.70. The van der Waals surface area contributed by atoms with Gasteiger partial charge in [0.05, 0.1) is 44.0 Å². The van der Waals surface area contributed by atoms with Crippen molar-refractivity contribution in [3.8, 4) is 11.6 Å². The molecule has 3 heterocycles. The van der Waals surface area contributed by atoms with Gasteiger partial charge < -0.3 is 23.8 Å². The highest BCUT2D eigenvalue weighted by Gasteiger charge is 2.44. The Kier molecular flexibility index (Phi) is 12.2. The van der Waals surface area contributed by atoms with Crippen LogP contribution >= 0.6 is 34.2 Å². The summed E-state index contributed by atoms with van der Waals surface area (Å²) in [7, 11) is 1.06. The second-order valence-electron chi connectivity index (χ2n) is 15.2. The van der Waals surface area contributed by atoms with Crippen molar-refractivity contribution in [2.45, 2.75) is 56.7 Å². The monoisotopic (exact) mass is 905 g/mol. The molecule has 2 aromatic carbocycles. The van der Waals surface area contributed by atoms with Crippen LogP contribution in [0.1, 0.15) is 64.4 Å². The van der Waals surface area contributed by atoms with Crippen LogP contribution in [0.5, 0.6) is 11.6 Å². The summed E-state index contributed by atoms with van der Waals surface area (Å²) in [4.78, 5) is 30.3. The van der Waals surface area contributed by atoms with E-state index in [9.17, 15) is 13.8 Å². The molecule has 1 spiro atoms. The molecule has 0 saturated heterocycles. The van der Waals surface area contributed by atoms with Crippen molar-refractivity contribution in [3.63, 3.8) is 0 Å². The molecule has 15 heteroatoms. The second-order valence-corrected chi connectivity index (χ2v) is 18.8. The van der Waals surface area contributed by atoms with E-state index in [1.165, 1.54) is 29.1 Å². The van der Waals surface area contributed by atoms with Gasteiger partial charge in [0.1, 0.15) is 21.2 Å². The van der Waals surface area contributed by atoms with Gasteiger partial charge >= 0.3 is 0 Å². The molecule has 4 aliphatic rings.